The lowest BCUT2D eigenvalue weighted by Gasteiger charge is -2.07. The summed E-state index contributed by atoms with van der Waals surface area (Å²) < 4.78 is 12.0. The minimum absolute atomic E-state index is 0.196. The van der Waals surface area contributed by atoms with Crippen molar-refractivity contribution in [1.82, 2.24) is 9.72 Å². The zero-order valence-corrected chi connectivity index (χ0v) is 17.8. The number of allylic oxidation sites excluding steroid dienone is 2. The van der Waals surface area contributed by atoms with Crippen molar-refractivity contribution in [2.45, 2.75) is 46.1 Å². The standard InChI is InChI=1S/C25H26N2O4/c1-3-4-11-23-21(20-10-5-6-12-22(20)30-23)16-18-8-7-9-19(15-18)17(2)13-14-27-24(28)26-25(29)31-27/h5-10,12-13,15H,3-4,11,14,16H2,1-2H3,(H,26,28,29)/b17-13+. The van der Waals surface area contributed by atoms with Crippen LogP contribution < -0.4 is 11.4 Å². The second-order valence-corrected chi connectivity index (χ2v) is 7.74. The number of H-pyrrole nitrogens is 1. The molecule has 160 valence electrons. The minimum Gasteiger partial charge on any atom is -0.461 e. The van der Waals surface area contributed by atoms with Gasteiger partial charge in [0.2, 0.25) is 0 Å². The van der Waals surface area contributed by atoms with E-state index in [0.717, 1.165) is 52.9 Å². The Morgan fingerprint density at radius 1 is 1.13 bits per heavy atom. The highest BCUT2D eigenvalue weighted by Gasteiger charge is 2.14. The molecule has 0 aliphatic carbocycles. The lowest BCUT2D eigenvalue weighted by atomic mass is 9.97. The van der Waals surface area contributed by atoms with Crippen molar-refractivity contribution in [3.63, 3.8) is 0 Å². The van der Waals surface area contributed by atoms with E-state index >= 15 is 0 Å². The van der Waals surface area contributed by atoms with Crippen molar-refractivity contribution < 1.29 is 8.94 Å². The van der Waals surface area contributed by atoms with Gasteiger partial charge in [-0.2, -0.15) is 0 Å². The number of hydrogen-bond acceptors (Lipinski definition) is 4. The number of hydrogen-bond donors (Lipinski definition) is 1. The molecule has 31 heavy (non-hydrogen) atoms. The molecular formula is C25H26N2O4. The van der Waals surface area contributed by atoms with E-state index < -0.39 is 11.4 Å². The van der Waals surface area contributed by atoms with Crippen molar-refractivity contribution in [3.8, 4) is 0 Å². The van der Waals surface area contributed by atoms with Gasteiger partial charge in [0.25, 0.3) is 0 Å². The molecule has 1 N–H and O–H groups in total. The van der Waals surface area contributed by atoms with Gasteiger partial charge in [-0.05, 0) is 36.1 Å². The van der Waals surface area contributed by atoms with E-state index in [1.165, 1.54) is 16.5 Å². The molecule has 6 nitrogen and oxygen atoms in total. The maximum Gasteiger partial charge on any atom is 0.440 e. The summed E-state index contributed by atoms with van der Waals surface area (Å²) in [7, 11) is 0. The first-order valence-corrected chi connectivity index (χ1v) is 10.6. The molecule has 0 radical (unpaired) electrons. The molecule has 0 atom stereocenters. The van der Waals surface area contributed by atoms with E-state index in [9.17, 15) is 9.59 Å². The second kappa shape index (κ2) is 9.08. The zero-order valence-electron chi connectivity index (χ0n) is 17.8. The summed E-state index contributed by atoms with van der Waals surface area (Å²) in [6, 6.07) is 16.6. The number of unbranched alkanes of at least 4 members (excludes halogenated alkanes) is 1. The smallest absolute Gasteiger partial charge is 0.440 e. The van der Waals surface area contributed by atoms with Gasteiger partial charge in [0.15, 0.2) is 0 Å². The molecule has 4 aromatic rings. The Kier molecular flexibility index (Phi) is 6.07. The van der Waals surface area contributed by atoms with Gasteiger partial charge in [-0.15, -0.1) is 4.74 Å². The number of nitrogens with one attached hydrogen (secondary N) is 1. The van der Waals surface area contributed by atoms with Crippen LogP contribution in [0.1, 0.15) is 49.1 Å². The van der Waals surface area contributed by atoms with Crippen LogP contribution in [0.25, 0.3) is 16.5 Å². The summed E-state index contributed by atoms with van der Waals surface area (Å²) in [5.41, 5.74) is 4.90. The molecule has 0 saturated heterocycles. The van der Waals surface area contributed by atoms with Gasteiger partial charge in [0.1, 0.15) is 11.3 Å². The van der Waals surface area contributed by atoms with Gasteiger partial charge < -0.3 is 8.94 Å². The maximum absolute atomic E-state index is 11.6. The molecule has 0 amide bonds. The van der Waals surface area contributed by atoms with Crippen LogP contribution in [0, 0.1) is 0 Å². The monoisotopic (exact) mass is 418 g/mol. The first-order chi connectivity index (χ1) is 15.0. The van der Waals surface area contributed by atoms with Crippen LogP contribution in [-0.4, -0.2) is 9.72 Å². The van der Waals surface area contributed by atoms with Crippen molar-refractivity contribution in [2.24, 2.45) is 0 Å². The van der Waals surface area contributed by atoms with Gasteiger partial charge in [0, 0.05) is 23.8 Å². The summed E-state index contributed by atoms with van der Waals surface area (Å²) in [5, 5.41) is 1.17. The molecule has 0 unspecified atom stereocenters. The minimum atomic E-state index is -0.746. The fraction of sp³-hybridized carbons (Fsp3) is 0.280. The molecule has 6 heteroatoms. The Morgan fingerprint density at radius 2 is 1.97 bits per heavy atom. The number of fused-ring (bicyclic) bond motifs is 1. The van der Waals surface area contributed by atoms with Gasteiger partial charge in [0.05, 0.1) is 6.54 Å². The highest BCUT2D eigenvalue weighted by Crippen LogP contribution is 2.30. The third kappa shape index (κ3) is 4.63. The Morgan fingerprint density at radius 3 is 2.74 bits per heavy atom. The lowest BCUT2D eigenvalue weighted by Crippen LogP contribution is -2.15. The van der Waals surface area contributed by atoms with E-state index in [-0.39, 0.29) is 6.54 Å². The zero-order chi connectivity index (χ0) is 21.8. The van der Waals surface area contributed by atoms with E-state index in [1.54, 1.807) is 0 Å². The molecule has 0 aliphatic heterocycles. The van der Waals surface area contributed by atoms with Crippen LogP contribution in [-0.2, 0) is 19.4 Å². The fourth-order valence-electron chi connectivity index (χ4n) is 3.79. The third-order valence-corrected chi connectivity index (χ3v) is 5.49. The van der Waals surface area contributed by atoms with Crippen molar-refractivity contribution >= 4 is 16.5 Å². The molecule has 0 aliphatic rings. The van der Waals surface area contributed by atoms with Gasteiger partial charge in [-0.25, -0.2) is 14.6 Å². The molecule has 2 aromatic heterocycles. The van der Waals surface area contributed by atoms with E-state index in [2.05, 4.69) is 36.2 Å². The molecular weight excluding hydrogens is 392 g/mol. The molecule has 0 spiro atoms. The Balaban J connectivity index is 1.60. The summed E-state index contributed by atoms with van der Waals surface area (Å²) in [6.45, 7) is 4.36. The maximum atomic E-state index is 11.6. The number of aromatic nitrogens is 2. The molecule has 0 bridgehead atoms. The van der Waals surface area contributed by atoms with Crippen LogP contribution in [0.5, 0.6) is 0 Å². The van der Waals surface area contributed by atoms with Crippen LogP contribution in [0.2, 0.25) is 0 Å². The lowest BCUT2D eigenvalue weighted by molar-refractivity contribution is 0.261. The Bertz CT molecular complexity index is 1330. The number of para-hydroxylation sites is 1. The first-order valence-electron chi connectivity index (χ1n) is 10.6. The van der Waals surface area contributed by atoms with Crippen molar-refractivity contribution in [3.05, 3.63) is 98.1 Å². The van der Waals surface area contributed by atoms with Crippen molar-refractivity contribution in [1.29, 1.82) is 0 Å². The average molecular weight is 418 g/mol. The molecule has 0 fully saturated rings. The summed E-state index contributed by atoms with van der Waals surface area (Å²) in [6.07, 6.45) is 5.83. The van der Waals surface area contributed by atoms with Crippen molar-refractivity contribution in [2.75, 3.05) is 0 Å². The van der Waals surface area contributed by atoms with Gasteiger partial charge in [-0.3, -0.25) is 0 Å². The number of aromatic amines is 1. The first kappa shape index (κ1) is 20.7. The number of benzene rings is 2. The predicted octanol–water partition coefficient (Wildman–Crippen LogP) is 4.91. The molecule has 2 heterocycles. The van der Waals surface area contributed by atoms with E-state index in [1.807, 2.05) is 37.3 Å². The van der Waals surface area contributed by atoms with Crippen LogP contribution >= 0.6 is 0 Å². The quantitative estimate of drug-likeness (QED) is 0.441. The van der Waals surface area contributed by atoms with Crippen LogP contribution in [0.15, 0.2) is 73.1 Å². The highest BCUT2D eigenvalue weighted by molar-refractivity contribution is 5.82. The second-order valence-electron chi connectivity index (χ2n) is 7.74. The number of aryl methyl sites for hydroxylation is 1. The Labute approximate surface area is 179 Å². The average Bonchev–Trinajstić information content (AvgIpc) is 3.29. The van der Waals surface area contributed by atoms with E-state index in [4.69, 9.17) is 8.94 Å². The highest BCUT2D eigenvalue weighted by atomic mass is 16.5. The number of furan rings is 1. The van der Waals surface area contributed by atoms with Crippen LogP contribution in [0.3, 0.4) is 0 Å². The number of rotatable bonds is 8. The predicted molar refractivity (Wildman–Crippen MR) is 121 cm³/mol. The molecule has 2 aromatic carbocycles. The molecule has 4 rings (SSSR count). The largest absolute Gasteiger partial charge is 0.461 e. The molecule has 0 saturated carbocycles. The topological polar surface area (TPSA) is 81.1 Å². The van der Waals surface area contributed by atoms with Gasteiger partial charge in [-0.1, -0.05) is 61.9 Å². The summed E-state index contributed by atoms with van der Waals surface area (Å²) in [4.78, 5) is 24.8. The number of nitrogens with zero attached hydrogens (tertiary/aromatic N) is 1. The fourth-order valence-corrected chi connectivity index (χ4v) is 3.79. The summed E-state index contributed by atoms with van der Waals surface area (Å²) >= 11 is 0. The van der Waals surface area contributed by atoms with E-state index in [0.29, 0.717) is 0 Å². The van der Waals surface area contributed by atoms with Gasteiger partial charge >= 0.3 is 11.4 Å². The normalized spacial score (nSPS) is 12.0. The Hall–Kier alpha value is -3.54. The van der Waals surface area contributed by atoms with Crippen LogP contribution in [0.4, 0.5) is 0 Å². The SMILES string of the molecule is CCCCc1oc2ccccc2c1Cc1cccc(/C(C)=C/Cn2oc(=O)[nH]c2=O)c1. The third-order valence-electron chi connectivity index (χ3n) is 5.49. The summed E-state index contributed by atoms with van der Waals surface area (Å²) in [5.74, 6) is 0.326.